The van der Waals surface area contributed by atoms with Gasteiger partial charge in [-0.05, 0) is 54.6 Å². The maximum atomic E-state index is 3.87. The molecule has 19 heavy (non-hydrogen) atoms. The number of hydrogen-bond acceptors (Lipinski definition) is 2. The van der Waals surface area contributed by atoms with Gasteiger partial charge in [0.25, 0.3) is 0 Å². The highest BCUT2D eigenvalue weighted by Crippen LogP contribution is 2.65. The Kier molecular flexibility index (Phi) is 3.30. The van der Waals surface area contributed by atoms with E-state index in [0.29, 0.717) is 16.9 Å². The summed E-state index contributed by atoms with van der Waals surface area (Å²) in [6.07, 6.45) is 5.41. The molecule has 2 saturated carbocycles. The molecule has 0 saturated heterocycles. The first-order chi connectivity index (χ1) is 8.97. The van der Waals surface area contributed by atoms with Crippen molar-refractivity contribution >= 4 is 11.3 Å². The molecule has 0 radical (unpaired) electrons. The van der Waals surface area contributed by atoms with Crippen LogP contribution in [-0.2, 0) is 13.0 Å². The maximum absolute atomic E-state index is 3.87. The van der Waals surface area contributed by atoms with Crippen LogP contribution < -0.4 is 5.32 Å². The van der Waals surface area contributed by atoms with Gasteiger partial charge in [-0.3, -0.25) is 0 Å². The molecule has 0 aromatic carbocycles. The molecule has 2 heteroatoms. The molecule has 3 unspecified atom stereocenters. The Morgan fingerprint density at radius 2 is 2.00 bits per heavy atom. The second-order valence-corrected chi connectivity index (χ2v) is 8.52. The molecule has 0 aliphatic heterocycles. The third-order valence-corrected chi connectivity index (χ3v) is 7.61. The quantitative estimate of drug-likeness (QED) is 0.847. The Bertz CT molecular complexity index is 462. The second-order valence-electron chi connectivity index (χ2n) is 7.27. The maximum Gasteiger partial charge on any atom is 0.0302 e. The van der Waals surface area contributed by atoms with Crippen molar-refractivity contribution in [2.75, 3.05) is 0 Å². The van der Waals surface area contributed by atoms with Crippen molar-refractivity contribution in [3.05, 3.63) is 21.9 Å². The molecular formula is C17H27NS. The zero-order valence-corrected chi connectivity index (χ0v) is 13.6. The molecule has 1 heterocycles. The monoisotopic (exact) mass is 277 g/mol. The van der Waals surface area contributed by atoms with Gasteiger partial charge >= 0.3 is 0 Å². The fourth-order valence-corrected chi connectivity index (χ4v) is 5.35. The van der Waals surface area contributed by atoms with Gasteiger partial charge in [-0.15, -0.1) is 11.3 Å². The lowest BCUT2D eigenvalue weighted by Gasteiger charge is -2.39. The normalized spacial score (nSPS) is 36.0. The zero-order chi connectivity index (χ0) is 13.7. The second kappa shape index (κ2) is 4.60. The molecule has 106 valence electrons. The third kappa shape index (κ3) is 1.99. The summed E-state index contributed by atoms with van der Waals surface area (Å²) in [4.78, 5) is 3.01. The predicted octanol–water partition coefficient (Wildman–Crippen LogP) is 4.61. The molecule has 1 N–H and O–H groups in total. The van der Waals surface area contributed by atoms with E-state index in [1.807, 2.05) is 11.3 Å². The van der Waals surface area contributed by atoms with Crippen LogP contribution in [0.5, 0.6) is 0 Å². The average Bonchev–Trinajstić information content (AvgIpc) is 2.97. The summed E-state index contributed by atoms with van der Waals surface area (Å²) in [6, 6.07) is 5.30. The highest BCUT2D eigenvalue weighted by Gasteiger charge is 2.60. The molecule has 2 fully saturated rings. The summed E-state index contributed by atoms with van der Waals surface area (Å²) in [5, 5.41) is 3.87. The smallest absolute Gasteiger partial charge is 0.0302 e. The predicted molar refractivity (Wildman–Crippen MR) is 83.6 cm³/mol. The SMILES string of the molecule is CCc1ccc(CNC2CC3CCC2(C)C3(C)C)s1. The van der Waals surface area contributed by atoms with Gasteiger partial charge in [0, 0.05) is 22.3 Å². The van der Waals surface area contributed by atoms with E-state index in [0.717, 1.165) is 12.5 Å². The first kappa shape index (κ1) is 13.6. The van der Waals surface area contributed by atoms with Gasteiger partial charge in [0.05, 0.1) is 0 Å². The first-order valence-electron chi connectivity index (χ1n) is 7.78. The Balaban J connectivity index is 1.66. The van der Waals surface area contributed by atoms with E-state index in [1.165, 1.54) is 35.4 Å². The number of thiophene rings is 1. The number of hydrogen-bond donors (Lipinski definition) is 1. The molecule has 1 aromatic rings. The van der Waals surface area contributed by atoms with E-state index in [9.17, 15) is 0 Å². The van der Waals surface area contributed by atoms with Crippen LogP contribution in [-0.4, -0.2) is 6.04 Å². The van der Waals surface area contributed by atoms with Gasteiger partial charge in [0.1, 0.15) is 0 Å². The summed E-state index contributed by atoms with van der Waals surface area (Å²) in [7, 11) is 0. The summed E-state index contributed by atoms with van der Waals surface area (Å²) in [6.45, 7) is 10.8. The molecular weight excluding hydrogens is 250 g/mol. The van der Waals surface area contributed by atoms with Crippen LogP contribution in [0.25, 0.3) is 0 Å². The number of nitrogens with one attached hydrogen (secondary N) is 1. The summed E-state index contributed by atoms with van der Waals surface area (Å²) in [5.41, 5.74) is 1.03. The highest BCUT2D eigenvalue weighted by molar-refractivity contribution is 7.11. The van der Waals surface area contributed by atoms with Crippen molar-refractivity contribution in [1.82, 2.24) is 5.32 Å². The lowest BCUT2D eigenvalue weighted by Crippen LogP contribution is -2.44. The van der Waals surface area contributed by atoms with Gasteiger partial charge in [0.15, 0.2) is 0 Å². The molecule has 0 spiro atoms. The van der Waals surface area contributed by atoms with E-state index in [4.69, 9.17) is 0 Å². The molecule has 3 rings (SSSR count). The molecule has 2 bridgehead atoms. The highest BCUT2D eigenvalue weighted by atomic mass is 32.1. The average molecular weight is 277 g/mol. The lowest BCUT2D eigenvalue weighted by molar-refractivity contribution is 0.120. The van der Waals surface area contributed by atoms with Crippen molar-refractivity contribution in [2.24, 2.45) is 16.7 Å². The van der Waals surface area contributed by atoms with Crippen molar-refractivity contribution < 1.29 is 0 Å². The first-order valence-corrected chi connectivity index (χ1v) is 8.60. The minimum Gasteiger partial charge on any atom is -0.309 e. The molecule has 2 aliphatic carbocycles. The van der Waals surface area contributed by atoms with Crippen LogP contribution >= 0.6 is 11.3 Å². The van der Waals surface area contributed by atoms with E-state index < -0.39 is 0 Å². The van der Waals surface area contributed by atoms with Gasteiger partial charge < -0.3 is 5.32 Å². The van der Waals surface area contributed by atoms with Crippen LogP contribution in [0.15, 0.2) is 12.1 Å². The van der Waals surface area contributed by atoms with Crippen molar-refractivity contribution in [3.8, 4) is 0 Å². The Morgan fingerprint density at radius 1 is 1.26 bits per heavy atom. The molecule has 1 nitrogen and oxygen atoms in total. The molecule has 0 amide bonds. The standard InChI is InChI=1S/C17H27NS/c1-5-13-6-7-14(19-13)11-18-15-10-12-8-9-17(15,4)16(12,2)3/h6-7,12,15,18H,5,8-11H2,1-4H3. The Hall–Kier alpha value is -0.340. The van der Waals surface area contributed by atoms with Crippen LogP contribution in [0.2, 0.25) is 0 Å². The summed E-state index contributed by atoms with van der Waals surface area (Å²) >= 11 is 1.97. The Labute approximate surface area is 121 Å². The molecule has 3 atom stereocenters. The largest absolute Gasteiger partial charge is 0.309 e. The van der Waals surface area contributed by atoms with Crippen LogP contribution in [0.4, 0.5) is 0 Å². The van der Waals surface area contributed by atoms with E-state index in [-0.39, 0.29) is 0 Å². The molecule has 2 aliphatic rings. The summed E-state index contributed by atoms with van der Waals surface area (Å²) in [5.74, 6) is 0.935. The van der Waals surface area contributed by atoms with Gasteiger partial charge in [-0.2, -0.15) is 0 Å². The fourth-order valence-electron chi connectivity index (χ4n) is 4.44. The minimum absolute atomic E-state index is 0.502. The van der Waals surface area contributed by atoms with Gasteiger partial charge in [0.2, 0.25) is 0 Å². The van der Waals surface area contributed by atoms with Crippen LogP contribution in [0.3, 0.4) is 0 Å². The number of rotatable bonds is 4. The van der Waals surface area contributed by atoms with Gasteiger partial charge in [-0.1, -0.05) is 27.7 Å². The van der Waals surface area contributed by atoms with Crippen LogP contribution in [0.1, 0.15) is 56.7 Å². The van der Waals surface area contributed by atoms with Crippen molar-refractivity contribution in [3.63, 3.8) is 0 Å². The fraction of sp³-hybridized carbons (Fsp3) is 0.765. The van der Waals surface area contributed by atoms with Gasteiger partial charge in [-0.25, -0.2) is 0 Å². The number of fused-ring (bicyclic) bond motifs is 2. The van der Waals surface area contributed by atoms with E-state index >= 15 is 0 Å². The van der Waals surface area contributed by atoms with Crippen LogP contribution in [0, 0.1) is 16.7 Å². The minimum atomic E-state index is 0.502. The Morgan fingerprint density at radius 3 is 2.53 bits per heavy atom. The topological polar surface area (TPSA) is 12.0 Å². The molecule has 1 aromatic heterocycles. The van der Waals surface area contributed by atoms with E-state index in [2.05, 4.69) is 45.1 Å². The van der Waals surface area contributed by atoms with E-state index in [1.54, 1.807) is 0 Å². The van der Waals surface area contributed by atoms with Crippen molar-refractivity contribution in [2.45, 2.75) is 66.0 Å². The number of aryl methyl sites for hydroxylation is 1. The summed E-state index contributed by atoms with van der Waals surface area (Å²) < 4.78 is 0. The third-order valence-electron chi connectivity index (χ3n) is 6.38. The zero-order valence-electron chi connectivity index (χ0n) is 12.8. The lowest BCUT2D eigenvalue weighted by atomic mass is 9.69. The van der Waals surface area contributed by atoms with Crippen molar-refractivity contribution in [1.29, 1.82) is 0 Å².